The van der Waals surface area contributed by atoms with Crippen LogP contribution in [0.5, 0.6) is 0 Å². The Hall–Kier alpha value is -1.40. The van der Waals surface area contributed by atoms with Gasteiger partial charge in [-0.2, -0.15) is 0 Å². The smallest absolute Gasteiger partial charge is 0.00923 e. The van der Waals surface area contributed by atoms with E-state index in [1.54, 1.807) is 0 Å². The van der Waals surface area contributed by atoms with E-state index in [4.69, 9.17) is 0 Å². The molecule has 18 heavy (non-hydrogen) atoms. The van der Waals surface area contributed by atoms with Crippen LogP contribution in [0.4, 0.5) is 0 Å². The Morgan fingerprint density at radius 1 is 0.611 bits per heavy atom. The quantitative estimate of drug-likeness (QED) is 0.521. The van der Waals surface area contributed by atoms with Crippen molar-refractivity contribution in [2.24, 2.45) is 0 Å². The minimum absolute atomic E-state index is 0.999. The van der Waals surface area contributed by atoms with Crippen LogP contribution < -0.4 is 0 Å². The van der Waals surface area contributed by atoms with Crippen molar-refractivity contribution in [3.05, 3.63) is 24.3 Å². The fraction of sp³-hybridized carbons (Fsp3) is 0.556. The van der Waals surface area contributed by atoms with E-state index in [0.717, 1.165) is 36.8 Å². The third kappa shape index (κ3) is 7.81. The maximum Gasteiger partial charge on any atom is 0.00923 e. The Morgan fingerprint density at radius 3 is 1.56 bits per heavy atom. The molecule has 1 aliphatic rings. The zero-order valence-electron chi connectivity index (χ0n) is 11.5. The molecular weight excluding hydrogens is 216 g/mol. The van der Waals surface area contributed by atoms with E-state index < -0.39 is 0 Å². The summed E-state index contributed by atoms with van der Waals surface area (Å²) in [4.78, 5) is 0. The van der Waals surface area contributed by atoms with Crippen molar-refractivity contribution in [2.75, 3.05) is 0 Å². The first-order chi connectivity index (χ1) is 8.79. The standard InChI is InChI=1S/C18H24/c1-17-13-9-6-4-3-5-7-10-14-18(2)16-12-8-11-15-17/h1-8,11-12,15-16H2. The van der Waals surface area contributed by atoms with Gasteiger partial charge in [0.05, 0.1) is 0 Å². The summed E-state index contributed by atoms with van der Waals surface area (Å²) in [6.45, 7) is 8.04. The maximum absolute atomic E-state index is 4.02. The summed E-state index contributed by atoms with van der Waals surface area (Å²) in [5, 5.41) is 0. The fourth-order valence-electron chi connectivity index (χ4n) is 1.96. The summed E-state index contributed by atoms with van der Waals surface area (Å²) in [7, 11) is 0. The molecule has 1 aliphatic carbocycles. The molecule has 0 saturated carbocycles. The molecule has 0 nitrogen and oxygen atoms in total. The molecule has 0 N–H and O–H groups in total. The lowest BCUT2D eigenvalue weighted by atomic mass is 10.0. The third-order valence-corrected chi connectivity index (χ3v) is 3.09. The van der Waals surface area contributed by atoms with Crippen LogP contribution in [0, 0.1) is 23.7 Å². The molecule has 0 aliphatic heterocycles. The molecule has 0 atom stereocenters. The van der Waals surface area contributed by atoms with Gasteiger partial charge in [0.2, 0.25) is 0 Å². The molecule has 0 aromatic heterocycles. The Kier molecular flexibility index (Phi) is 7.83. The summed E-state index contributed by atoms with van der Waals surface area (Å²) in [5.74, 6) is 12.8. The lowest BCUT2D eigenvalue weighted by molar-refractivity contribution is 0.684. The predicted molar refractivity (Wildman–Crippen MR) is 80.0 cm³/mol. The minimum Gasteiger partial charge on any atom is -0.0983 e. The molecule has 96 valence electrons. The second kappa shape index (κ2) is 9.61. The highest BCUT2D eigenvalue weighted by molar-refractivity contribution is 5.26. The van der Waals surface area contributed by atoms with Crippen LogP contribution in [0.25, 0.3) is 0 Å². The van der Waals surface area contributed by atoms with Gasteiger partial charge in [-0.15, -0.1) is 0 Å². The Balaban J connectivity index is 2.41. The van der Waals surface area contributed by atoms with Crippen molar-refractivity contribution >= 4 is 0 Å². The van der Waals surface area contributed by atoms with Crippen molar-refractivity contribution in [1.82, 2.24) is 0 Å². The topological polar surface area (TPSA) is 0 Å². The van der Waals surface area contributed by atoms with Gasteiger partial charge in [-0.05, 0) is 49.7 Å². The van der Waals surface area contributed by atoms with Crippen molar-refractivity contribution in [1.29, 1.82) is 0 Å². The van der Waals surface area contributed by atoms with Crippen LogP contribution in [0.15, 0.2) is 24.3 Å². The Labute approximate surface area is 113 Å². The second-order valence-corrected chi connectivity index (χ2v) is 4.93. The average molecular weight is 240 g/mol. The lowest BCUT2D eigenvalue weighted by Crippen LogP contribution is -1.84. The number of rotatable bonds is 0. The largest absolute Gasteiger partial charge is 0.0983 e. The second-order valence-electron chi connectivity index (χ2n) is 4.93. The molecule has 0 bridgehead atoms. The van der Waals surface area contributed by atoms with E-state index in [1.807, 2.05) is 0 Å². The van der Waals surface area contributed by atoms with E-state index in [9.17, 15) is 0 Å². The summed E-state index contributed by atoms with van der Waals surface area (Å²) in [6, 6.07) is 0. The molecule has 0 spiro atoms. The minimum atomic E-state index is 0.999. The van der Waals surface area contributed by atoms with Crippen LogP contribution >= 0.6 is 0 Å². The Bertz CT molecular complexity index is 351. The summed E-state index contributed by atoms with van der Waals surface area (Å²) in [6.07, 6.45) is 11.3. The van der Waals surface area contributed by atoms with Gasteiger partial charge in [0.15, 0.2) is 0 Å². The highest BCUT2D eigenvalue weighted by Crippen LogP contribution is 2.11. The van der Waals surface area contributed by atoms with Crippen LogP contribution in [0.3, 0.4) is 0 Å². The summed E-state index contributed by atoms with van der Waals surface area (Å²) < 4.78 is 0. The lowest BCUT2D eigenvalue weighted by Gasteiger charge is -2.01. The van der Waals surface area contributed by atoms with E-state index in [2.05, 4.69) is 36.8 Å². The molecule has 0 heterocycles. The van der Waals surface area contributed by atoms with Crippen molar-refractivity contribution in [3.63, 3.8) is 0 Å². The molecule has 0 amide bonds. The molecule has 1 rings (SSSR count). The van der Waals surface area contributed by atoms with Crippen LogP contribution in [0.1, 0.15) is 64.2 Å². The summed E-state index contributed by atoms with van der Waals surface area (Å²) in [5.41, 5.74) is 2.20. The molecule has 0 aromatic rings. The SMILES string of the molecule is C=C1C#CCCCCCC#CC(=C)CCCCC1. The number of hydrogen-bond acceptors (Lipinski definition) is 0. The van der Waals surface area contributed by atoms with Gasteiger partial charge in [0, 0.05) is 12.8 Å². The van der Waals surface area contributed by atoms with E-state index in [1.165, 1.54) is 38.5 Å². The molecule has 0 heteroatoms. The van der Waals surface area contributed by atoms with Crippen LogP contribution in [-0.2, 0) is 0 Å². The fourth-order valence-corrected chi connectivity index (χ4v) is 1.96. The van der Waals surface area contributed by atoms with Crippen molar-refractivity contribution in [2.45, 2.75) is 64.2 Å². The predicted octanol–water partition coefficient (Wildman–Crippen LogP) is 5.02. The van der Waals surface area contributed by atoms with E-state index in [0.29, 0.717) is 0 Å². The Morgan fingerprint density at radius 2 is 1.06 bits per heavy atom. The molecule has 0 saturated heterocycles. The highest BCUT2D eigenvalue weighted by atomic mass is 14.0. The normalized spacial score (nSPS) is 19.3. The first-order valence-corrected chi connectivity index (χ1v) is 7.12. The van der Waals surface area contributed by atoms with Crippen molar-refractivity contribution in [3.8, 4) is 23.7 Å². The van der Waals surface area contributed by atoms with Crippen LogP contribution in [0.2, 0.25) is 0 Å². The van der Waals surface area contributed by atoms with Crippen LogP contribution in [-0.4, -0.2) is 0 Å². The first kappa shape index (κ1) is 14.7. The van der Waals surface area contributed by atoms with Gasteiger partial charge in [-0.25, -0.2) is 0 Å². The average Bonchev–Trinajstić information content (AvgIpc) is 2.35. The monoisotopic (exact) mass is 240 g/mol. The van der Waals surface area contributed by atoms with E-state index in [-0.39, 0.29) is 0 Å². The van der Waals surface area contributed by atoms with Gasteiger partial charge in [-0.3, -0.25) is 0 Å². The zero-order chi connectivity index (χ0) is 13.1. The maximum atomic E-state index is 4.02. The third-order valence-electron chi connectivity index (χ3n) is 3.09. The summed E-state index contributed by atoms with van der Waals surface area (Å²) >= 11 is 0. The molecule has 0 fully saturated rings. The van der Waals surface area contributed by atoms with E-state index >= 15 is 0 Å². The number of hydrogen-bond donors (Lipinski definition) is 0. The van der Waals surface area contributed by atoms with Gasteiger partial charge < -0.3 is 0 Å². The van der Waals surface area contributed by atoms with Gasteiger partial charge in [0.25, 0.3) is 0 Å². The highest BCUT2D eigenvalue weighted by Gasteiger charge is 1.94. The molecule has 0 unspecified atom stereocenters. The number of allylic oxidation sites excluding steroid dienone is 2. The van der Waals surface area contributed by atoms with Gasteiger partial charge in [-0.1, -0.05) is 49.7 Å². The molecular formula is C18H24. The molecule has 0 radical (unpaired) electrons. The first-order valence-electron chi connectivity index (χ1n) is 7.12. The molecule has 0 aromatic carbocycles. The van der Waals surface area contributed by atoms with Gasteiger partial charge >= 0.3 is 0 Å². The van der Waals surface area contributed by atoms with Gasteiger partial charge in [0.1, 0.15) is 0 Å². The van der Waals surface area contributed by atoms with Crippen molar-refractivity contribution < 1.29 is 0 Å². The zero-order valence-corrected chi connectivity index (χ0v) is 11.5.